The maximum atomic E-state index is 10.2. The summed E-state index contributed by atoms with van der Waals surface area (Å²) < 4.78 is 2.27. The van der Waals surface area contributed by atoms with Crippen molar-refractivity contribution in [3.63, 3.8) is 0 Å². The molecule has 0 bridgehead atoms. The highest BCUT2D eigenvalue weighted by Gasteiger charge is 2.56. The zero-order valence-electron chi connectivity index (χ0n) is 17.0. The SMILES string of the molecule is C[C@]12CCC(O)CC1=CC[C@@H]1[C@@H]2CC[C@]2(C)C(CC[n+]3cc[nH]c3)=CC[C@@H]12. The molecule has 0 spiro atoms. The number of aliphatic hydroxyl groups excluding tert-OH is 1. The second-order valence-electron chi connectivity index (χ2n) is 10.2. The first-order valence-corrected chi connectivity index (χ1v) is 11.1. The Balaban J connectivity index is 1.36. The summed E-state index contributed by atoms with van der Waals surface area (Å²) in [6.07, 6.45) is 20.8. The molecular formula is C24H35N2O+. The topological polar surface area (TPSA) is 39.9 Å². The Morgan fingerprint density at radius 2 is 1.96 bits per heavy atom. The molecule has 2 N–H and O–H groups in total. The highest BCUT2D eigenvalue weighted by molar-refractivity contribution is 5.30. The van der Waals surface area contributed by atoms with Gasteiger partial charge in [0.15, 0.2) is 0 Å². The highest BCUT2D eigenvalue weighted by atomic mass is 16.3. The van der Waals surface area contributed by atoms with Crippen LogP contribution in [-0.2, 0) is 6.54 Å². The number of aryl methyl sites for hydroxylation is 1. The van der Waals surface area contributed by atoms with Gasteiger partial charge >= 0.3 is 0 Å². The molecule has 3 heteroatoms. The van der Waals surface area contributed by atoms with E-state index in [9.17, 15) is 5.11 Å². The Labute approximate surface area is 163 Å². The standard InChI is InChI=1S/C24H34N2O/c1-23-11-8-22-20(5-3-18-15-19(27)7-10-24(18,22)2)21(23)6-4-17(23)9-13-26-14-12-25-16-26/h3-4,12,14,16,19-22,27H,5-11,13,15H2,1-2H3/p+1/t19?,20-,21-,22-,23+,24-/m0/s1. The second kappa shape index (κ2) is 6.34. The summed E-state index contributed by atoms with van der Waals surface area (Å²) in [7, 11) is 0. The number of imidazole rings is 1. The Morgan fingerprint density at radius 3 is 2.78 bits per heavy atom. The fourth-order valence-corrected chi connectivity index (χ4v) is 7.39. The lowest BCUT2D eigenvalue weighted by Crippen LogP contribution is -2.50. The number of hydrogen-bond donors (Lipinski definition) is 2. The number of H-pyrrole nitrogens is 1. The largest absolute Gasteiger partial charge is 0.393 e. The van der Waals surface area contributed by atoms with E-state index in [2.05, 4.69) is 48.1 Å². The second-order valence-corrected chi connectivity index (χ2v) is 10.2. The number of fused-ring (bicyclic) bond motifs is 5. The van der Waals surface area contributed by atoms with Gasteiger partial charge in [0.25, 0.3) is 0 Å². The molecule has 146 valence electrons. The lowest BCUT2D eigenvalue weighted by Gasteiger charge is -2.57. The van der Waals surface area contributed by atoms with Crippen molar-refractivity contribution in [2.24, 2.45) is 28.6 Å². The van der Waals surface area contributed by atoms with Gasteiger partial charge in [0.2, 0.25) is 6.33 Å². The van der Waals surface area contributed by atoms with Gasteiger partial charge in [0, 0.05) is 6.42 Å². The summed E-state index contributed by atoms with van der Waals surface area (Å²) >= 11 is 0. The molecule has 0 aromatic carbocycles. The Hall–Kier alpha value is -1.35. The summed E-state index contributed by atoms with van der Waals surface area (Å²) in [4.78, 5) is 3.16. The first-order chi connectivity index (χ1) is 13.0. The van der Waals surface area contributed by atoms with E-state index in [0.29, 0.717) is 10.8 Å². The van der Waals surface area contributed by atoms with Gasteiger partial charge in [0.1, 0.15) is 12.4 Å². The van der Waals surface area contributed by atoms with Crippen molar-refractivity contribution in [1.82, 2.24) is 4.98 Å². The average molecular weight is 368 g/mol. The molecule has 6 atom stereocenters. The Morgan fingerprint density at radius 1 is 1.11 bits per heavy atom. The van der Waals surface area contributed by atoms with Gasteiger partial charge in [-0.3, -0.25) is 4.98 Å². The first kappa shape index (κ1) is 17.7. The first-order valence-electron chi connectivity index (χ1n) is 11.1. The third kappa shape index (κ3) is 2.68. The van der Waals surface area contributed by atoms with Gasteiger partial charge < -0.3 is 5.11 Å². The van der Waals surface area contributed by atoms with Crippen LogP contribution in [0, 0.1) is 28.6 Å². The predicted octanol–water partition coefficient (Wildman–Crippen LogP) is 4.55. The predicted molar refractivity (Wildman–Crippen MR) is 107 cm³/mol. The van der Waals surface area contributed by atoms with Crippen LogP contribution < -0.4 is 4.57 Å². The van der Waals surface area contributed by atoms with Crippen molar-refractivity contribution < 1.29 is 9.67 Å². The number of aliphatic hydroxyl groups is 1. The minimum absolute atomic E-state index is 0.0968. The fourth-order valence-electron chi connectivity index (χ4n) is 7.39. The van der Waals surface area contributed by atoms with E-state index in [1.165, 1.54) is 38.5 Å². The zero-order valence-corrected chi connectivity index (χ0v) is 17.0. The third-order valence-corrected chi connectivity index (χ3v) is 9.06. The molecule has 1 heterocycles. The Kier molecular flexibility index (Phi) is 4.16. The molecule has 3 nitrogen and oxygen atoms in total. The van der Waals surface area contributed by atoms with Gasteiger partial charge in [-0.1, -0.05) is 37.1 Å². The molecule has 2 saturated carbocycles. The van der Waals surface area contributed by atoms with Crippen LogP contribution in [0.5, 0.6) is 0 Å². The summed E-state index contributed by atoms with van der Waals surface area (Å²) in [5.41, 5.74) is 4.07. The van der Waals surface area contributed by atoms with E-state index in [4.69, 9.17) is 0 Å². The minimum atomic E-state index is -0.0968. The molecule has 2 fully saturated rings. The van der Waals surface area contributed by atoms with Gasteiger partial charge in [-0.05, 0) is 73.5 Å². The Bertz CT molecular complexity index is 763. The van der Waals surface area contributed by atoms with Crippen molar-refractivity contribution >= 4 is 0 Å². The smallest absolute Gasteiger partial charge is 0.241 e. The van der Waals surface area contributed by atoms with Crippen molar-refractivity contribution in [1.29, 1.82) is 0 Å². The maximum absolute atomic E-state index is 10.2. The van der Waals surface area contributed by atoms with Crippen LogP contribution in [0.4, 0.5) is 0 Å². The average Bonchev–Trinajstić information content (AvgIpc) is 3.28. The van der Waals surface area contributed by atoms with Crippen molar-refractivity contribution in [2.75, 3.05) is 0 Å². The lowest BCUT2D eigenvalue weighted by molar-refractivity contribution is -0.695. The van der Waals surface area contributed by atoms with Gasteiger partial charge in [-0.15, -0.1) is 0 Å². The molecule has 1 aromatic heterocycles. The molecule has 0 radical (unpaired) electrons. The highest BCUT2D eigenvalue weighted by Crippen LogP contribution is 2.65. The molecule has 0 aliphatic heterocycles. The number of allylic oxidation sites excluding steroid dienone is 3. The van der Waals surface area contributed by atoms with Crippen LogP contribution in [0.1, 0.15) is 65.2 Å². The summed E-state index contributed by atoms with van der Waals surface area (Å²) in [5.74, 6) is 2.49. The zero-order chi connectivity index (χ0) is 18.6. The fraction of sp³-hybridized carbons (Fsp3) is 0.708. The van der Waals surface area contributed by atoms with Gasteiger partial charge in [-0.2, -0.15) is 0 Å². The molecule has 1 aromatic rings. The number of aromatic nitrogens is 2. The lowest BCUT2D eigenvalue weighted by atomic mass is 9.47. The number of rotatable bonds is 3. The molecule has 5 rings (SSSR count). The van der Waals surface area contributed by atoms with E-state index >= 15 is 0 Å². The van der Waals surface area contributed by atoms with Crippen molar-refractivity contribution in [3.05, 3.63) is 42.0 Å². The molecule has 4 aliphatic carbocycles. The summed E-state index contributed by atoms with van der Waals surface area (Å²) in [6.45, 7) is 6.18. The monoisotopic (exact) mass is 367 g/mol. The number of hydrogen-bond acceptors (Lipinski definition) is 1. The third-order valence-electron chi connectivity index (χ3n) is 9.06. The molecule has 27 heavy (non-hydrogen) atoms. The summed E-state index contributed by atoms with van der Waals surface area (Å²) in [6, 6.07) is 0. The van der Waals surface area contributed by atoms with Crippen LogP contribution in [0.2, 0.25) is 0 Å². The van der Waals surface area contributed by atoms with Crippen molar-refractivity contribution in [3.8, 4) is 0 Å². The van der Waals surface area contributed by atoms with Crippen LogP contribution in [0.3, 0.4) is 0 Å². The van der Waals surface area contributed by atoms with E-state index in [-0.39, 0.29) is 6.10 Å². The summed E-state index contributed by atoms with van der Waals surface area (Å²) in [5, 5.41) is 10.2. The van der Waals surface area contributed by atoms with Crippen LogP contribution in [-0.4, -0.2) is 16.2 Å². The molecular weight excluding hydrogens is 332 g/mol. The van der Waals surface area contributed by atoms with E-state index < -0.39 is 0 Å². The van der Waals surface area contributed by atoms with Crippen molar-refractivity contribution in [2.45, 2.75) is 77.9 Å². The molecule has 0 saturated heterocycles. The van der Waals surface area contributed by atoms with Gasteiger partial charge in [-0.25, -0.2) is 4.57 Å². The van der Waals surface area contributed by atoms with Crippen LogP contribution >= 0.6 is 0 Å². The van der Waals surface area contributed by atoms with Crippen LogP contribution in [0.25, 0.3) is 0 Å². The molecule has 4 aliphatic rings. The minimum Gasteiger partial charge on any atom is -0.393 e. The molecule has 1 unspecified atom stereocenters. The normalized spacial score (nSPS) is 43.4. The van der Waals surface area contributed by atoms with E-state index in [1.54, 1.807) is 11.1 Å². The van der Waals surface area contributed by atoms with E-state index in [1.807, 2.05) is 6.20 Å². The number of nitrogens with one attached hydrogen (secondary N) is 1. The number of aromatic amines is 1. The van der Waals surface area contributed by atoms with E-state index in [0.717, 1.165) is 37.1 Å². The number of nitrogens with zero attached hydrogens (tertiary/aromatic N) is 1. The quantitative estimate of drug-likeness (QED) is 0.597. The van der Waals surface area contributed by atoms with Crippen LogP contribution in [0.15, 0.2) is 42.0 Å². The van der Waals surface area contributed by atoms with Gasteiger partial charge in [0.05, 0.1) is 12.6 Å². The molecule has 0 amide bonds. The maximum Gasteiger partial charge on any atom is 0.241 e.